The Morgan fingerprint density at radius 3 is 2.33 bits per heavy atom. The Balaban J connectivity index is 1.85. The van der Waals surface area contributed by atoms with Gasteiger partial charge in [-0.1, -0.05) is 62.4 Å². The molecule has 0 fully saturated rings. The van der Waals surface area contributed by atoms with E-state index in [1.807, 2.05) is 48.5 Å². The van der Waals surface area contributed by atoms with Gasteiger partial charge in [-0.15, -0.1) is 0 Å². The van der Waals surface area contributed by atoms with Crippen molar-refractivity contribution in [2.75, 3.05) is 5.32 Å². The highest BCUT2D eigenvalue weighted by Gasteiger charge is 2.12. The van der Waals surface area contributed by atoms with Gasteiger partial charge in [0.2, 0.25) is 5.91 Å². The van der Waals surface area contributed by atoms with Gasteiger partial charge < -0.3 is 5.32 Å². The zero-order chi connectivity index (χ0) is 17.4. The van der Waals surface area contributed by atoms with Gasteiger partial charge in [0.1, 0.15) is 0 Å². The molecule has 126 valence electrons. The van der Waals surface area contributed by atoms with Crippen LogP contribution in [-0.4, -0.2) is 11.7 Å². The van der Waals surface area contributed by atoms with E-state index in [1.165, 1.54) is 0 Å². The molecule has 0 spiro atoms. The summed E-state index contributed by atoms with van der Waals surface area (Å²) in [5.41, 5.74) is 2.75. The third kappa shape index (κ3) is 5.05. The smallest absolute Gasteiger partial charge is 0.224 e. The largest absolute Gasteiger partial charge is 0.326 e. The van der Waals surface area contributed by atoms with Gasteiger partial charge in [-0.25, -0.2) is 0 Å². The maximum Gasteiger partial charge on any atom is 0.224 e. The Bertz CT molecular complexity index is 679. The number of hydrogen-bond acceptors (Lipinski definition) is 2. The number of Topliss-reactive ketones (excluding diaryl/α,β-unsaturated/α-hetero) is 1. The van der Waals surface area contributed by atoms with Gasteiger partial charge >= 0.3 is 0 Å². The number of ketones is 1. The second-order valence-corrected chi connectivity index (χ2v) is 6.09. The summed E-state index contributed by atoms with van der Waals surface area (Å²) in [6, 6.07) is 17.1. The van der Waals surface area contributed by atoms with Crippen molar-refractivity contribution in [1.82, 2.24) is 0 Å². The number of nitrogens with one attached hydrogen (secondary N) is 1. The fraction of sp³-hybridized carbons (Fsp3) is 0.333. The predicted molar refractivity (Wildman–Crippen MR) is 98.4 cm³/mol. The van der Waals surface area contributed by atoms with Crippen molar-refractivity contribution < 1.29 is 9.59 Å². The SMILES string of the molecule is CCC(C)c1ccccc1NC(=O)CCCC(=O)c1ccccc1. The quantitative estimate of drug-likeness (QED) is 0.679. The summed E-state index contributed by atoms with van der Waals surface area (Å²) < 4.78 is 0. The number of anilines is 1. The lowest BCUT2D eigenvalue weighted by Gasteiger charge is -2.15. The summed E-state index contributed by atoms with van der Waals surface area (Å²) in [4.78, 5) is 24.2. The van der Waals surface area contributed by atoms with E-state index >= 15 is 0 Å². The molecule has 1 unspecified atom stereocenters. The van der Waals surface area contributed by atoms with Crippen molar-refractivity contribution >= 4 is 17.4 Å². The summed E-state index contributed by atoms with van der Waals surface area (Å²) in [7, 11) is 0. The first-order chi connectivity index (χ1) is 11.6. The Hall–Kier alpha value is -2.42. The maximum absolute atomic E-state index is 12.2. The van der Waals surface area contributed by atoms with E-state index in [4.69, 9.17) is 0 Å². The van der Waals surface area contributed by atoms with Crippen LogP contribution in [0.25, 0.3) is 0 Å². The van der Waals surface area contributed by atoms with Crippen LogP contribution in [0.3, 0.4) is 0 Å². The number of hydrogen-bond donors (Lipinski definition) is 1. The van der Waals surface area contributed by atoms with E-state index < -0.39 is 0 Å². The zero-order valence-electron chi connectivity index (χ0n) is 14.4. The number of carbonyl (C=O) groups is 2. The van der Waals surface area contributed by atoms with Crippen molar-refractivity contribution in [3.05, 3.63) is 65.7 Å². The van der Waals surface area contributed by atoms with Gasteiger partial charge in [-0.2, -0.15) is 0 Å². The van der Waals surface area contributed by atoms with Gasteiger partial charge in [-0.05, 0) is 30.4 Å². The molecule has 0 aliphatic carbocycles. The lowest BCUT2D eigenvalue weighted by molar-refractivity contribution is -0.116. The molecule has 2 rings (SSSR count). The second-order valence-electron chi connectivity index (χ2n) is 6.09. The number of para-hydroxylation sites is 1. The van der Waals surface area contributed by atoms with Crippen LogP contribution in [0, 0.1) is 0 Å². The van der Waals surface area contributed by atoms with Crippen LogP contribution in [-0.2, 0) is 4.79 Å². The van der Waals surface area contributed by atoms with E-state index in [1.54, 1.807) is 0 Å². The van der Waals surface area contributed by atoms with Gasteiger partial charge in [-0.3, -0.25) is 9.59 Å². The fourth-order valence-electron chi connectivity index (χ4n) is 2.65. The van der Waals surface area contributed by atoms with Crippen molar-refractivity contribution in [3.8, 4) is 0 Å². The third-order valence-corrected chi connectivity index (χ3v) is 4.28. The molecule has 2 aromatic rings. The van der Waals surface area contributed by atoms with E-state index in [0.29, 0.717) is 30.7 Å². The van der Waals surface area contributed by atoms with Gasteiger partial charge in [0.05, 0.1) is 0 Å². The van der Waals surface area contributed by atoms with Crippen LogP contribution in [0.5, 0.6) is 0 Å². The molecule has 24 heavy (non-hydrogen) atoms. The molecular weight excluding hydrogens is 298 g/mol. The molecule has 0 aliphatic rings. The average molecular weight is 323 g/mol. The van der Waals surface area contributed by atoms with Crippen LogP contribution in [0.2, 0.25) is 0 Å². The highest BCUT2D eigenvalue weighted by atomic mass is 16.1. The number of amides is 1. The van der Waals surface area contributed by atoms with Gasteiger partial charge in [0, 0.05) is 24.1 Å². The van der Waals surface area contributed by atoms with E-state index in [2.05, 4.69) is 25.2 Å². The minimum absolute atomic E-state index is 0.0355. The van der Waals surface area contributed by atoms with E-state index in [-0.39, 0.29) is 11.7 Å². The van der Waals surface area contributed by atoms with Crippen LogP contribution in [0.15, 0.2) is 54.6 Å². The normalized spacial score (nSPS) is 11.8. The number of benzene rings is 2. The van der Waals surface area contributed by atoms with Crippen molar-refractivity contribution in [2.45, 2.75) is 45.4 Å². The molecule has 2 aromatic carbocycles. The monoisotopic (exact) mass is 323 g/mol. The summed E-state index contributed by atoms with van der Waals surface area (Å²) in [6.07, 6.45) is 2.33. The summed E-state index contributed by atoms with van der Waals surface area (Å²) in [5, 5.41) is 2.99. The molecule has 3 heteroatoms. The lowest BCUT2D eigenvalue weighted by atomic mass is 9.97. The first-order valence-corrected chi connectivity index (χ1v) is 8.58. The van der Waals surface area contributed by atoms with Crippen LogP contribution >= 0.6 is 0 Å². The number of carbonyl (C=O) groups excluding carboxylic acids is 2. The molecule has 1 amide bonds. The van der Waals surface area contributed by atoms with Crippen LogP contribution in [0.1, 0.15) is 61.4 Å². The molecule has 0 heterocycles. The van der Waals surface area contributed by atoms with Crippen LogP contribution < -0.4 is 5.32 Å². The van der Waals surface area contributed by atoms with Gasteiger partial charge in [0.15, 0.2) is 5.78 Å². The minimum Gasteiger partial charge on any atom is -0.326 e. The predicted octanol–water partition coefficient (Wildman–Crippen LogP) is 5.19. The Kier molecular flexibility index (Phi) is 6.74. The minimum atomic E-state index is -0.0355. The molecule has 0 radical (unpaired) electrons. The molecule has 0 aliphatic heterocycles. The highest BCUT2D eigenvalue weighted by Crippen LogP contribution is 2.26. The highest BCUT2D eigenvalue weighted by molar-refractivity contribution is 5.96. The number of rotatable bonds is 8. The Morgan fingerprint density at radius 1 is 0.958 bits per heavy atom. The second kappa shape index (κ2) is 9.02. The van der Waals surface area contributed by atoms with E-state index in [9.17, 15) is 9.59 Å². The molecule has 0 saturated carbocycles. The summed E-state index contributed by atoms with van der Waals surface area (Å²) >= 11 is 0. The molecule has 0 bridgehead atoms. The topological polar surface area (TPSA) is 46.2 Å². The maximum atomic E-state index is 12.2. The molecular formula is C21H25NO2. The fourth-order valence-corrected chi connectivity index (χ4v) is 2.65. The van der Waals surface area contributed by atoms with Gasteiger partial charge in [0.25, 0.3) is 0 Å². The summed E-state index contributed by atoms with van der Waals surface area (Å²) in [6.45, 7) is 4.29. The molecule has 0 saturated heterocycles. The van der Waals surface area contributed by atoms with Crippen molar-refractivity contribution in [3.63, 3.8) is 0 Å². The van der Waals surface area contributed by atoms with Crippen molar-refractivity contribution in [2.24, 2.45) is 0 Å². The standard InChI is InChI=1S/C21H25NO2/c1-3-16(2)18-12-7-8-13-19(18)22-21(24)15-9-14-20(23)17-10-5-4-6-11-17/h4-8,10-13,16H,3,9,14-15H2,1-2H3,(H,22,24). The van der Waals surface area contributed by atoms with Crippen molar-refractivity contribution in [1.29, 1.82) is 0 Å². The summed E-state index contributed by atoms with van der Waals surface area (Å²) in [5.74, 6) is 0.455. The average Bonchev–Trinajstić information content (AvgIpc) is 2.62. The Labute approximate surface area is 144 Å². The first-order valence-electron chi connectivity index (χ1n) is 8.58. The zero-order valence-corrected chi connectivity index (χ0v) is 14.4. The molecule has 1 atom stereocenters. The molecule has 1 N–H and O–H groups in total. The first kappa shape index (κ1) is 17.9. The lowest BCUT2D eigenvalue weighted by Crippen LogP contribution is -2.14. The Morgan fingerprint density at radius 2 is 1.62 bits per heavy atom. The molecule has 3 nitrogen and oxygen atoms in total. The van der Waals surface area contributed by atoms with Crippen LogP contribution in [0.4, 0.5) is 5.69 Å². The molecule has 0 aromatic heterocycles. The van der Waals surface area contributed by atoms with E-state index in [0.717, 1.165) is 17.7 Å². The third-order valence-electron chi connectivity index (χ3n) is 4.28.